The molecular formula is C11H15BrClNO2. The van der Waals surface area contributed by atoms with Crippen molar-refractivity contribution in [2.24, 2.45) is 0 Å². The molecule has 0 saturated carbocycles. The maximum absolute atomic E-state index is 8.97. The van der Waals surface area contributed by atoms with Crippen molar-refractivity contribution in [3.63, 3.8) is 0 Å². The van der Waals surface area contributed by atoms with Crippen LogP contribution < -0.4 is 5.32 Å². The summed E-state index contributed by atoms with van der Waals surface area (Å²) in [6.45, 7) is 1.73. The molecule has 1 atom stereocenters. The summed E-state index contributed by atoms with van der Waals surface area (Å²) in [5, 5.41) is 21.7. The van der Waals surface area contributed by atoms with Gasteiger partial charge in [-0.05, 0) is 24.6 Å². The minimum atomic E-state index is -0.324. The first-order chi connectivity index (χ1) is 7.58. The Hall–Kier alpha value is -0.130. The molecule has 0 aromatic heterocycles. The molecule has 0 radical (unpaired) electrons. The molecule has 0 fully saturated rings. The average molecular weight is 309 g/mol. The van der Waals surface area contributed by atoms with E-state index in [0.29, 0.717) is 5.02 Å². The lowest BCUT2D eigenvalue weighted by molar-refractivity contribution is 0.163. The topological polar surface area (TPSA) is 52.5 Å². The van der Waals surface area contributed by atoms with Gasteiger partial charge < -0.3 is 15.5 Å². The Balaban J connectivity index is 2.76. The van der Waals surface area contributed by atoms with Crippen molar-refractivity contribution in [3.05, 3.63) is 33.3 Å². The predicted octanol–water partition coefficient (Wildman–Crippen LogP) is 2.11. The molecule has 16 heavy (non-hydrogen) atoms. The van der Waals surface area contributed by atoms with E-state index in [9.17, 15) is 0 Å². The Morgan fingerprint density at radius 2 is 2.00 bits per heavy atom. The summed E-state index contributed by atoms with van der Waals surface area (Å²) in [7, 11) is 0. The molecule has 0 aliphatic heterocycles. The first kappa shape index (κ1) is 13.9. The Labute approximate surface area is 109 Å². The molecule has 0 aliphatic carbocycles. The first-order valence-electron chi connectivity index (χ1n) is 5.01. The van der Waals surface area contributed by atoms with Crippen LogP contribution in [0.15, 0.2) is 22.7 Å². The van der Waals surface area contributed by atoms with Gasteiger partial charge in [-0.3, -0.25) is 0 Å². The maximum Gasteiger partial charge on any atom is 0.0607 e. The van der Waals surface area contributed by atoms with Gasteiger partial charge in [0.2, 0.25) is 0 Å². The second-order valence-electron chi connectivity index (χ2n) is 3.62. The van der Waals surface area contributed by atoms with E-state index in [-0.39, 0.29) is 25.3 Å². The van der Waals surface area contributed by atoms with Crippen LogP contribution >= 0.6 is 27.5 Å². The van der Waals surface area contributed by atoms with Crippen molar-refractivity contribution in [2.45, 2.75) is 19.0 Å². The van der Waals surface area contributed by atoms with E-state index in [2.05, 4.69) is 21.2 Å². The van der Waals surface area contributed by atoms with Crippen molar-refractivity contribution in [3.8, 4) is 0 Å². The van der Waals surface area contributed by atoms with Gasteiger partial charge in [0.05, 0.1) is 19.3 Å². The molecule has 0 aliphatic rings. The minimum absolute atomic E-state index is 0.0232. The van der Waals surface area contributed by atoms with Crippen molar-refractivity contribution in [2.75, 3.05) is 13.2 Å². The third-order valence-corrected chi connectivity index (χ3v) is 3.18. The highest BCUT2D eigenvalue weighted by molar-refractivity contribution is 9.10. The van der Waals surface area contributed by atoms with Gasteiger partial charge in [-0.1, -0.05) is 33.6 Å². The number of rotatable bonds is 5. The van der Waals surface area contributed by atoms with Crippen LogP contribution in [0.4, 0.5) is 0 Å². The zero-order valence-corrected chi connectivity index (χ0v) is 11.3. The van der Waals surface area contributed by atoms with Crippen LogP contribution in [0.1, 0.15) is 18.5 Å². The van der Waals surface area contributed by atoms with Crippen LogP contribution in [-0.4, -0.2) is 29.5 Å². The lowest BCUT2D eigenvalue weighted by Crippen LogP contribution is -2.37. The van der Waals surface area contributed by atoms with Gasteiger partial charge in [0.1, 0.15) is 0 Å². The monoisotopic (exact) mass is 307 g/mol. The number of aliphatic hydroxyl groups is 2. The summed E-state index contributed by atoms with van der Waals surface area (Å²) in [6, 6.07) is 5.30. The number of aliphatic hydroxyl groups excluding tert-OH is 2. The molecule has 3 nitrogen and oxygen atoms in total. The largest absolute Gasteiger partial charge is 0.395 e. The van der Waals surface area contributed by atoms with E-state index in [1.807, 2.05) is 25.1 Å². The van der Waals surface area contributed by atoms with Gasteiger partial charge in [0.25, 0.3) is 0 Å². The predicted molar refractivity (Wildman–Crippen MR) is 68.7 cm³/mol. The highest BCUT2D eigenvalue weighted by Crippen LogP contribution is 2.26. The van der Waals surface area contributed by atoms with Gasteiger partial charge in [-0.15, -0.1) is 0 Å². The standard InChI is InChI=1S/C11H15BrClNO2/c1-7(14-9(5-15)6-16)10-3-2-8(12)4-11(10)13/h2-4,7,9,14-16H,5-6H2,1H3. The molecule has 0 heterocycles. The van der Waals surface area contributed by atoms with Crippen LogP contribution in [-0.2, 0) is 0 Å². The van der Waals surface area contributed by atoms with Gasteiger partial charge in [0.15, 0.2) is 0 Å². The van der Waals surface area contributed by atoms with Crippen LogP contribution in [0.3, 0.4) is 0 Å². The van der Waals surface area contributed by atoms with Crippen molar-refractivity contribution in [1.82, 2.24) is 5.32 Å². The summed E-state index contributed by atoms with van der Waals surface area (Å²) in [6.07, 6.45) is 0. The Kier molecular flexibility index (Phi) is 5.72. The van der Waals surface area contributed by atoms with Crippen LogP contribution in [0, 0.1) is 0 Å². The Morgan fingerprint density at radius 3 is 2.50 bits per heavy atom. The highest BCUT2D eigenvalue weighted by Gasteiger charge is 2.14. The molecule has 0 spiro atoms. The van der Waals surface area contributed by atoms with Gasteiger partial charge in [-0.25, -0.2) is 0 Å². The molecule has 1 rings (SSSR count). The number of hydrogen-bond donors (Lipinski definition) is 3. The van der Waals surface area contributed by atoms with Crippen molar-refractivity contribution in [1.29, 1.82) is 0 Å². The molecule has 1 unspecified atom stereocenters. The molecule has 90 valence electrons. The van der Waals surface area contributed by atoms with Gasteiger partial charge in [-0.2, -0.15) is 0 Å². The number of benzene rings is 1. The average Bonchev–Trinajstić information content (AvgIpc) is 2.25. The summed E-state index contributed by atoms with van der Waals surface area (Å²) >= 11 is 9.44. The van der Waals surface area contributed by atoms with E-state index in [1.165, 1.54) is 0 Å². The maximum atomic E-state index is 8.97. The third kappa shape index (κ3) is 3.71. The van der Waals surface area contributed by atoms with Crippen molar-refractivity contribution < 1.29 is 10.2 Å². The summed E-state index contributed by atoms with van der Waals surface area (Å²) in [5.41, 5.74) is 0.941. The van der Waals surface area contributed by atoms with E-state index in [1.54, 1.807) is 0 Å². The molecular weight excluding hydrogens is 293 g/mol. The summed E-state index contributed by atoms with van der Waals surface area (Å²) in [5.74, 6) is 0. The summed E-state index contributed by atoms with van der Waals surface area (Å²) in [4.78, 5) is 0. The second kappa shape index (κ2) is 6.57. The molecule has 0 bridgehead atoms. The molecule has 0 amide bonds. The lowest BCUT2D eigenvalue weighted by atomic mass is 10.1. The van der Waals surface area contributed by atoms with Gasteiger partial charge >= 0.3 is 0 Å². The second-order valence-corrected chi connectivity index (χ2v) is 4.94. The number of hydrogen-bond acceptors (Lipinski definition) is 3. The van der Waals surface area contributed by atoms with Crippen LogP contribution in [0.5, 0.6) is 0 Å². The fourth-order valence-corrected chi connectivity index (χ4v) is 2.30. The number of nitrogens with one attached hydrogen (secondary N) is 1. The molecule has 1 aromatic carbocycles. The van der Waals surface area contributed by atoms with Crippen LogP contribution in [0.25, 0.3) is 0 Å². The van der Waals surface area contributed by atoms with Crippen molar-refractivity contribution >= 4 is 27.5 Å². The quantitative estimate of drug-likeness (QED) is 0.781. The fraction of sp³-hybridized carbons (Fsp3) is 0.455. The highest BCUT2D eigenvalue weighted by atomic mass is 79.9. The zero-order valence-electron chi connectivity index (χ0n) is 8.95. The molecule has 5 heteroatoms. The van der Waals surface area contributed by atoms with Crippen LogP contribution in [0.2, 0.25) is 5.02 Å². The fourth-order valence-electron chi connectivity index (χ4n) is 1.46. The Bertz CT molecular complexity index is 345. The minimum Gasteiger partial charge on any atom is -0.395 e. The zero-order chi connectivity index (χ0) is 12.1. The normalized spacial score (nSPS) is 13.1. The lowest BCUT2D eigenvalue weighted by Gasteiger charge is -2.21. The van der Waals surface area contributed by atoms with E-state index in [4.69, 9.17) is 21.8 Å². The Morgan fingerprint density at radius 1 is 1.38 bits per heavy atom. The first-order valence-corrected chi connectivity index (χ1v) is 6.18. The van der Waals surface area contributed by atoms with E-state index < -0.39 is 0 Å². The van der Waals surface area contributed by atoms with E-state index >= 15 is 0 Å². The van der Waals surface area contributed by atoms with E-state index in [0.717, 1.165) is 10.0 Å². The third-order valence-electron chi connectivity index (χ3n) is 2.36. The summed E-state index contributed by atoms with van der Waals surface area (Å²) < 4.78 is 0.925. The molecule has 3 N–H and O–H groups in total. The number of halogens is 2. The smallest absolute Gasteiger partial charge is 0.0607 e. The SMILES string of the molecule is CC(NC(CO)CO)c1ccc(Br)cc1Cl. The van der Waals surface area contributed by atoms with Gasteiger partial charge in [0, 0.05) is 15.5 Å². The molecule has 1 aromatic rings. The molecule has 0 saturated heterocycles.